The third-order valence-electron chi connectivity index (χ3n) is 3.78. The van der Waals surface area contributed by atoms with Crippen LogP contribution in [0.3, 0.4) is 0 Å². The molecule has 0 saturated heterocycles. The molecule has 2 heterocycles. The number of fused-ring (bicyclic) bond motifs is 1. The number of benzene rings is 1. The smallest absolute Gasteiger partial charge is 0.207 e. The van der Waals surface area contributed by atoms with E-state index in [1.807, 2.05) is 0 Å². The van der Waals surface area contributed by atoms with Gasteiger partial charge in [0, 0.05) is 22.0 Å². The van der Waals surface area contributed by atoms with Gasteiger partial charge < -0.3 is 0 Å². The zero-order chi connectivity index (χ0) is 17.9. The van der Waals surface area contributed by atoms with Gasteiger partial charge in [-0.1, -0.05) is 22.9 Å². The Morgan fingerprint density at radius 2 is 2.00 bits per heavy atom. The van der Waals surface area contributed by atoms with Gasteiger partial charge in [0.05, 0.1) is 21.1 Å². The van der Waals surface area contributed by atoms with Crippen molar-refractivity contribution < 1.29 is 17.2 Å². The van der Waals surface area contributed by atoms with Crippen LogP contribution in [0.1, 0.15) is 35.9 Å². The molecule has 0 spiro atoms. The molecule has 2 aromatic heterocycles. The van der Waals surface area contributed by atoms with E-state index in [9.17, 15) is 17.2 Å². The first-order valence-electron chi connectivity index (χ1n) is 7.04. The number of halogens is 4. The molecule has 4 rings (SSSR count). The van der Waals surface area contributed by atoms with E-state index in [0.717, 1.165) is 12.8 Å². The standard InChI is InChI=1S/C13H8Cl2F2N4O2S2/c14-7-3-6(25(15,22)23)4-8-9(7)10(5-1-2-5)20-21(8)13-19-18-12(24-13)11(16)17/h3-5,11H,1-2H2. The number of aromatic nitrogens is 4. The van der Waals surface area contributed by atoms with Crippen LogP contribution in [-0.4, -0.2) is 28.4 Å². The largest absolute Gasteiger partial charge is 0.291 e. The summed E-state index contributed by atoms with van der Waals surface area (Å²) in [4.78, 5) is -0.200. The van der Waals surface area contributed by atoms with Crippen molar-refractivity contribution in [1.82, 2.24) is 20.0 Å². The van der Waals surface area contributed by atoms with Crippen LogP contribution in [0, 0.1) is 0 Å². The Hall–Kier alpha value is -1.36. The molecule has 1 aliphatic rings. The van der Waals surface area contributed by atoms with Gasteiger partial charge in [-0.25, -0.2) is 21.9 Å². The lowest BCUT2D eigenvalue weighted by Gasteiger charge is -2.02. The molecule has 1 fully saturated rings. The maximum Gasteiger partial charge on any atom is 0.291 e. The molecule has 132 valence electrons. The van der Waals surface area contributed by atoms with E-state index < -0.39 is 20.5 Å². The highest BCUT2D eigenvalue weighted by atomic mass is 35.7. The van der Waals surface area contributed by atoms with Crippen molar-refractivity contribution >= 4 is 53.6 Å². The quantitative estimate of drug-likeness (QED) is 0.584. The predicted molar refractivity (Wildman–Crippen MR) is 89.5 cm³/mol. The highest BCUT2D eigenvalue weighted by Crippen LogP contribution is 2.45. The molecule has 0 N–H and O–H groups in total. The summed E-state index contributed by atoms with van der Waals surface area (Å²) in [7, 11) is 1.39. The molecule has 1 saturated carbocycles. The summed E-state index contributed by atoms with van der Waals surface area (Å²) in [6, 6.07) is 2.57. The van der Waals surface area contributed by atoms with Crippen molar-refractivity contribution in [3.05, 3.63) is 27.9 Å². The molecule has 0 bridgehead atoms. The Labute approximate surface area is 153 Å². The molecule has 1 aromatic carbocycles. The fourth-order valence-electron chi connectivity index (χ4n) is 2.53. The molecule has 0 amide bonds. The van der Waals surface area contributed by atoms with Crippen LogP contribution in [0.25, 0.3) is 16.0 Å². The van der Waals surface area contributed by atoms with E-state index in [-0.39, 0.29) is 21.0 Å². The van der Waals surface area contributed by atoms with Crippen molar-refractivity contribution in [2.24, 2.45) is 0 Å². The molecular formula is C13H8Cl2F2N4O2S2. The van der Waals surface area contributed by atoms with Crippen molar-refractivity contribution in [2.45, 2.75) is 30.1 Å². The normalized spacial score (nSPS) is 15.4. The number of alkyl halides is 2. The average Bonchev–Trinajstić information content (AvgIpc) is 3.10. The number of hydrogen-bond acceptors (Lipinski definition) is 6. The summed E-state index contributed by atoms with van der Waals surface area (Å²) in [5, 5.41) is 12.0. The van der Waals surface area contributed by atoms with E-state index >= 15 is 0 Å². The lowest BCUT2D eigenvalue weighted by Crippen LogP contribution is -1.97. The van der Waals surface area contributed by atoms with E-state index in [1.165, 1.54) is 16.8 Å². The Morgan fingerprint density at radius 1 is 1.28 bits per heavy atom. The first-order valence-corrected chi connectivity index (χ1v) is 10.5. The first-order chi connectivity index (χ1) is 11.8. The third kappa shape index (κ3) is 3.01. The monoisotopic (exact) mass is 424 g/mol. The van der Waals surface area contributed by atoms with E-state index in [4.69, 9.17) is 22.3 Å². The van der Waals surface area contributed by atoms with Gasteiger partial charge in [-0.3, -0.25) is 0 Å². The topological polar surface area (TPSA) is 77.7 Å². The Kier molecular flexibility index (Phi) is 3.98. The van der Waals surface area contributed by atoms with Crippen LogP contribution < -0.4 is 0 Å². The highest BCUT2D eigenvalue weighted by molar-refractivity contribution is 8.13. The minimum Gasteiger partial charge on any atom is -0.207 e. The Morgan fingerprint density at radius 3 is 2.56 bits per heavy atom. The van der Waals surface area contributed by atoms with Crippen molar-refractivity contribution in [3.8, 4) is 5.13 Å². The molecule has 12 heteroatoms. The van der Waals surface area contributed by atoms with Crippen LogP contribution in [0.5, 0.6) is 0 Å². The molecule has 0 unspecified atom stereocenters. The molecule has 0 atom stereocenters. The molecule has 3 aromatic rings. The van der Waals surface area contributed by atoms with Gasteiger partial charge in [0.1, 0.15) is 0 Å². The van der Waals surface area contributed by atoms with Crippen LogP contribution in [-0.2, 0) is 9.05 Å². The minimum atomic E-state index is -4.03. The van der Waals surface area contributed by atoms with Crippen molar-refractivity contribution in [2.75, 3.05) is 0 Å². The minimum absolute atomic E-state index is 0.104. The molecular weight excluding hydrogens is 417 g/mol. The summed E-state index contributed by atoms with van der Waals surface area (Å²) < 4.78 is 50.2. The molecule has 1 aliphatic carbocycles. The first kappa shape index (κ1) is 17.1. The summed E-state index contributed by atoms with van der Waals surface area (Å²) in [5.41, 5.74) is 1.03. The lowest BCUT2D eigenvalue weighted by molar-refractivity contribution is 0.150. The van der Waals surface area contributed by atoms with Gasteiger partial charge in [-0.05, 0) is 25.0 Å². The summed E-state index contributed by atoms with van der Waals surface area (Å²) >= 11 is 6.95. The van der Waals surface area contributed by atoms with E-state index in [2.05, 4.69) is 15.3 Å². The maximum atomic E-state index is 12.8. The van der Waals surface area contributed by atoms with E-state index in [1.54, 1.807) is 0 Å². The van der Waals surface area contributed by atoms with Crippen LogP contribution in [0.2, 0.25) is 5.02 Å². The second-order valence-electron chi connectivity index (χ2n) is 5.53. The van der Waals surface area contributed by atoms with E-state index in [0.29, 0.717) is 27.9 Å². The molecule has 25 heavy (non-hydrogen) atoms. The van der Waals surface area contributed by atoms with Gasteiger partial charge in [0.15, 0.2) is 5.01 Å². The van der Waals surface area contributed by atoms with Gasteiger partial charge in [0.2, 0.25) is 5.13 Å². The third-order valence-corrected chi connectivity index (χ3v) is 6.32. The van der Waals surface area contributed by atoms with Crippen LogP contribution in [0.15, 0.2) is 17.0 Å². The second kappa shape index (κ2) is 5.83. The number of hydrogen-bond donors (Lipinski definition) is 0. The SMILES string of the molecule is O=S(=O)(Cl)c1cc(Cl)c2c(C3CC3)nn(-c3nnc(C(F)F)s3)c2c1. The van der Waals surface area contributed by atoms with Crippen molar-refractivity contribution in [3.63, 3.8) is 0 Å². The fraction of sp³-hybridized carbons (Fsp3) is 0.308. The number of nitrogens with zero attached hydrogens (tertiary/aromatic N) is 4. The molecule has 0 aliphatic heterocycles. The number of rotatable bonds is 4. The summed E-state index contributed by atoms with van der Waals surface area (Å²) in [6.45, 7) is 0. The molecule has 6 nitrogen and oxygen atoms in total. The summed E-state index contributed by atoms with van der Waals surface area (Å²) in [5.74, 6) is 0.196. The van der Waals surface area contributed by atoms with Crippen molar-refractivity contribution in [1.29, 1.82) is 0 Å². The predicted octanol–water partition coefficient (Wildman–Crippen LogP) is 4.27. The van der Waals surface area contributed by atoms with Crippen LogP contribution >= 0.6 is 33.6 Å². The van der Waals surface area contributed by atoms with Crippen LogP contribution in [0.4, 0.5) is 8.78 Å². The second-order valence-corrected chi connectivity index (χ2v) is 9.49. The van der Waals surface area contributed by atoms with Gasteiger partial charge in [0.25, 0.3) is 15.5 Å². The lowest BCUT2D eigenvalue weighted by atomic mass is 10.1. The maximum absolute atomic E-state index is 12.8. The van der Waals surface area contributed by atoms with Gasteiger partial charge in [-0.2, -0.15) is 5.10 Å². The zero-order valence-corrected chi connectivity index (χ0v) is 15.3. The van der Waals surface area contributed by atoms with Gasteiger partial charge in [-0.15, -0.1) is 10.2 Å². The molecule has 0 radical (unpaired) electrons. The average molecular weight is 425 g/mol. The summed E-state index contributed by atoms with van der Waals surface area (Å²) in [6.07, 6.45) is -0.898. The Balaban J connectivity index is 2.00. The van der Waals surface area contributed by atoms with Gasteiger partial charge >= 0.3 is 0 Å². The zero-order valence-electron chi connectivity index (χ0n) is 12.2. The Bertz CT molecular complexity index is 1090. The highest BCUT2D eigenvalue weighted by Gasteiger charge is 2.32. The fourth-order valence-corrected chi connectivity index (χ4v) is 4.35.